The first-order valence-electron chi connectivity index (χ1n) is 6.46. The van der Waals surface area contributed by atoms with E-state index in [9.17, 15) is 4.39 Å². The van der Waals surface area contributed by atoms with Gasteiger partial charge in [-0.2, -0.15) is 0 Å². The van der Waals surface area contributed by atoms with Crippen molar-refractivity contribution in [1.82, 2.24) is 0 Å². The normalized spacial score (nSPS) is 9.86. The third-order valence-corrected chi connectivity index (χ3v) is 3.15. The predicted octanol–water partition coefficient (Wildman–Crippen LogP) is 3.79. The predicted molar refractivity (Wildman–Crippen MR) is 80.8 cm³/mol. The van der Waals surface area contributed by atoms with E-state index in [2.05, 4.69) is 11.8 Å². The lowest BCUT2D eigenvalue weighted by Crippen LogP contribution is -1.97. The molecular weight excluding hydrogens is 291 g/mol. The van der Waals surface area contributed by atoms with Crippen molar-refractivity contribution in [2.75, 3.05) is 6.61 Å². The van der Waals surface area contributed by atoms with E-state index in [4.69, 9.17) is 21.4 Å². The van der Waals surface area contributed by atoms with Crippen molar-refractivity contribution in [3.63, 3.8) is 0 Å². The van der Waals surface area contributed by atoms with Crippen LogP contribution >= 0.6 is 11.6 Å². The van der Waals surface area contributed by atoms with Crippen LogP contribution in [0.1, 0.15) is 17.5 Å². The second-order valence-electron chi connectivity index (χ2n) is 4.30. The number of hydrogen-bond acceptors (Lipinski definition) is 2. The maximum Gasteiger partial charge on any atom is 0.142 e. The lowest BCUT2D eigenvalue weighted by Gasteiger charge is -2.08. The molecule has 0 heterocycles. The highest BCUT2D eigenvalue weighted by Gasteiger charge is 2.06. The Labute approximate surface area is 128 Å². The van der Waals surface area contributed by atoms with Crippen LogP contribution in [0.5, 0.6) is 5.75 Å². The van der Waals surface area contributed by atoms with Crippen molar-refractivity contribution in [2.45, 2.75) is 13.0 Å². The summed E-state index contributed by atoms with van der Waals surface area (Å²) in [5, 5.41) is 8.77. The van der Waals surface area contributed by atoms with Crippen LogP contribution in [0.2, 0.25) is 5.02 Å². The Hall–Kier alpha value is -2.02. The summed E-state index contributed by atoms with van der Waals surface area (Å²) in [6.45, 7) is 0.228. The SMILES string of the molecule is OCCC#Cc1cccc(OCc2cccc(F)c2Cl)c1. The highest BCUT2D eigenvalue weighted by molar-refractivity contribution is 6.31. The van der Waals surface area contributed by atoms with Gasteiger partial charge in [-0.25, -0.2) is 4.39 Å². The highest BCUT2D eigenvalue weighted by atomic mass is 35.5. The molecule has 0 aliphatic carbocycles. The van der Waals surface area contributed by atoms with Gasteiger partial charge in [-0.3, -0.25) is 0 Å². The van der Waals surface area contributed by atoms with Gasteiger partial charge in [-0.15, -0.1) is 0 Å². The van der Waals surface area contributed by atoms with Gasteiger partial charge in [0.25, 0.3) is 0 Å². The van der Waals surface area contributed by atoms with Crippen molar-refractivity contribution in [3.8, 4) is 17.6 Å². The standard InChI is InChI=1S/C17H14ClFO2/c18-17-14(7-4-9-16(17)19)12-21-15-8-3-6-13(11-15)5-1-2-10-20/h3-4,6-9,11,20H,2,10,12H2. The number of halogens is 2. The molecule has 0 aliphatic rings. The van der Waals surface area contributed by atoms with Gasteiger partial charge < -0.3 is 9.84 Å². The zero-order chi connectivity index (χ0) is 15.1. The fourth-order valence-electron chi connectivity index (χ4n) is 1.71. The van der Waals surface area contributed by atoms with Gasteiger partial charge in [0, 0.05) is 17.5 Å². The molecule has 0 amide bonds. The van der Waals surface area contributed by atoms with Crippen LogP contribution in [-0.4, -0.2) is 11.7 Å². The molecule has 21 heavy (non-hydrogen) atoms. The first kappa shape index (κ1) is 15.4. The Bertz CT molecular complexity index is 674. The second-order valence-corrected chi connectivity index (χ2v) is 4.68. The maximum atomic E-state index is 13.3. The van der Waals surface area contributed by atoms with Crippen LogP contribution in [0.4, 0.5) is 4.39 Å². The van der Waals surface area contributed by atoms with Gasteiger partial charge in [-0.1, -0.05) is 41.6 Å². The summed E-state index contributed by atoms with van der Waals surface area (Å²) in [5.74, 6) is 5.94. The lowest BCUT2D eigenvalue weighted by atomic mass is 10.2. The summed E-state index contributed by atoms with van der Waals surface area (Å²) in [5.41, 5.74) is 1.39. The monoisotopic (exact) mass is 304 g/mol. The fraction of sp³-hybridized carbons (Fsp3) is 0.176. The minimum atomic E-state index is -0.457. The molecule has 0 unspecified atom stereocenters. The number of benzene rings is 2. The fourth-order valence-corrected chi connectivity index (χ4v) is 1.89. The van der Waals surface area contributed by atoms with E-state index in [0.717, 1.165) is 5.56 Å². The Morgan fingerprint density at radius 3 is 2.81 bits per heavy atom. The molecule has 0 aliphatic heterocycles. The van der Waals surface area contributed by atoms with Gasteiger partial charge in [0.2, 0.25) is 0 Å². The summed E-state index contributed by atoms with van der Waals surface area (Å²) in [6, 6.07) is 11.9. The molecule has 2 nitrogen and oxygen atoms in total. The Kier molecular flexibility index (Phi) is 5.62. The Morgan fingerprint density at radius 1 is 1.19 bits per heavy atom. The van der Waals surface area contributed by atoms with E-state index in [0.29, 0.717) is 17.7 Å². The topological polar surface area (TPSA) is 29.5 Å². The third-order valence-electron chi connectivity index (χ3n) is 2.73. The molecule has 0 atom stereocenters. The number of hydrogen-bond donors (Lipinski definition) is 1. The molecule has 0 bridgehead atoms. The second kappa shape index (κ2) is 7.68. The van der Waals surface area contributed by atoms with E-state index in [-0.39, 0.29) is 18.2 Å². The largest absolute Gasteiger partial charge is 0.489 e. The van der Waals surface area contributed by atoms with Crippen molar-refractivity contribution in [2.24, 2.45) is 0 Å². The van der Waals surface area contributed by atoms with Crippen LogP contribution in [-0.2, 0) is 6.61 Å². The van der Waals surface area contributed by atoms with Gasteiger partial charge in [0.1, 0.15) is 18.2 Å². The van der Waals surface area contributed by atoms with Gasteiger partial charge in [-0.05, 0) is 24.3 Å². The molecule has 0 aromatic heterocycles. The summed E-state index contributed by atoms with van der Waals surface area (Å²) >= 11 is 5.87. The minimum absolute atomic E-state index is 0.0429. The lowest BCUT2D eigenvalue weighted by molar-refractivity contribution is 0.305. The molecule has 0 radical (unpaired) electrons. The van der Waals surface area contributed by atoms with Crippen molar-refractivity contribution in [1.29, 1.82) is 0 Å². The maximum absolute atomic E-state index is 13.3. The molecule has 0 fully saturated rings. The van der Waals surface area contributed by atoms with Crippen LogP contribution in [0, 0.1) is 17.7 Å². The average molecular weight is 305 g/mol. The minimum Gasteiger partial charge on any atom is -0.489 e. The average Bonchev–Trinajstić information content (AvgIpc) is 2.50. The van der Waals surface area contributed by atoms with Gasteiger partial charge in [0.15, 0.2) is 0 Å². The smallest absolute Gasteiger partial charge is 0.142 e. The molecule has 0 saturated heterocycles. The summed E-state index contributed by atoms with van der Waals surface area (Å²) < 4.78 is 18.9. The first-order chi connectivity index (χ1) is 10.2. The van der Waals surface area contributed by atoms with Gasteiger partial charge in [0.05, 0.1) is 11.6 Å². The summed E-state index contributed by atoms with van der Waals surface area (Å²) in [6.07, 6.45) is 0.435. The van der Waals surface area contributed by atoms with Crippen LogP contribution in [0.15, 0.2) is 42.5 Å². The summed E-state index contributed by atoms with van der Waals surface area (Å²) in [7, 11) is 0. The van der Waals surface area contributed by atoms with Crippen molar-refractivity contribution >= 4 is 11.6 Å². The van der Waals surface area contributed by atoms with Crippen LogP contribution in [0.3, 0.4) is 0 Å². The number of rotatable bonds is 4. The zero-order valence-electron chi connectivity index (χ0n) is 11.3. The quantitative estimate of drug-likeness (QED) is 0.871. The number of aliphatic hydroxyl groups excluding tert-OH is 1. The molecular formula is C17H14ClFO2. The van der Waals surface area contributed by atoms with Crippen LogP contribution < -0.4 is 4.74 Å². The molecule has 2 aromatic carbocycles. The van der Waals surface area contributed by atoms with E-state index in [1.54, 1.807) is 24.3 Å². The van der Waals surface area contributed by atoms with Crippen LogP contribution in [0.25, 0.3) is 0 Å². The Balaban J connectivity index is 2.05. The molecule has 108 valence electrons. The van der Waals surface area contributed by atoms with E-state index >= 15 is 0 Å². The van der Waals surface area contributed by atoms with Crippen molar-refractivity contribution in [3.05, 3.63) is 64.4 Å². The number of ether oxygens (including phenoxy) is 1. The third kappa shape index (κ3) is 4.49. The van der Waals surface area contributed by atoms with E-state index in [1.807, 2.05) is 12.1 Å². The number of aliphatic hydroxyl groups is 1. The first-order valence-corrected chi connectivity index (χ1v) is 6.84. The van der Waals surface area contributed by atoms with E-state index < -0.39 is 5.82 Å². The highest BCUT2D eigenvalue weighted by Crippen LogP contribution is 2.22. The summed E-state index contributed by atoms with van der Waals surface area (Å²) in [4.78, 5) is 0. The van der Waals surface area contributed by atoms with E-state index in [1.165, 1.54) is 6.07 Å². The zero-order valence-corrected chi connectivity index (χ0v) is 12.0. The molecule has 1 N–H and O–H groups in total. The van der Waals surface area contributed by atoms with Crippen molar-refractivity contribution < 1.29 is 14.2 Å². The molecule has 0 saturated carbocycles. The molecule has 0 spiro atoms. The molecule has 2 aromatic rings. The molecule has 4 heteroatoms. The Morgan fingerprint density at radius 2 is 2.00 bits per heavy atom. The molecule has 2 rings (SSSR count). The van der Waals surface area contributed by atoms with Gasteiger partial charge >= 0.3 is 0 Å².